The number of carbonyl (C=O) groups is 1. The monoisotopic (exact) mass is 296 g/mol. The number of nitrogens with zero attached hydrogens (tertiary/aromatic N) is 4. The van der Waals surface area contributed by atoms with E-state index >= 15 is 0 Å². The maximum absolute atomic E-state index is 11.0. The van der Waals surface area contributed by atoms with Gasteiger partial charge in [0.25, 0.3) is 0 Å². The van der Waals surface area contributed by atoms with Gasteiger partial charge in [0.15, 0.2) is 0 Å². The summed E-state index contributed by atoms with van der Waals surface area (Å²) in [6.45, 7) is 0.980. The van der Waals surface area contributed by atoms with Crippen molar-refractivity contribution in [3.63, 3.8) is 0 Å². The van der Waals surface area contributed by atoms with Crippen molar-refractivity contribution in [1.29, 1.82) is 5.26 Å². The molecule has 0 aliphatic carbocycles. The van der Waals surface area contributed by atoms with Crippen LogP contribution >= 0.6 is 0 Å². The smallest absolute Gasteiger partial charge is 0.407 e. The van der Waals surface area contributed by atoms with Gasteiger partial charge in [-0.25, -0.2) is 9.78 Å². The van der Waals surface area contributed by atoms with E-state index in [1.165, 1.54) is 4.90 Å². The van der Waals surface area contributed by atoms with Gasteiger partial charge in [0.2, 0.25) is 0 Å². The number of carboxylic acid groups (broad SMARTS) is 1. The van der Waals surface area contributed by atoms with E-state index in [2.05, 4.69) is 11.1 Å². The lowest BCUT2D eigenvalue weighted by Crippen LogP contribution is -2.38. The molecule has 2 heterocycles. The van der Waals surface area contributed by atoms with Crippen LogP contribution in [0.5, 0.6) is 0 Å². The molecule has 2 aromatic rings. The molecule has 112 valence electrons. The molecule has 1 aromatic carbocycles. The highest BCUT2D eigenvalue weighted by atomic mass is 16.4. The van der Waals surface area contributed by atoms with Crippen LogP contribution in [-0.2, 0) is 0 Å². The SMILES string of the molecule is N#Cc1c(-c2ccccc2)ncn1C1CCN(C(=O)O)CC1. The number of benzene rings is 1. The fourth-order valence-electron chi connectivity index (χ4n) is 2.89. The summed E-state index contributed by atoms with van der Waals surface area (Å²) < 4.78 is 1.89. The first-order valence-corrected chi connectivity index (χ1v) is 7.21. The summed E-state index contributed by atoms with van der Waals surface area (Å²) in [5, 5.41) is 18.5. The quantitative estimate of drug-likeness (QED) is 0.923. The van der Waals surface area contributed by atoms with E-state index in [0.29, 0.717) is 37.3 Å². The van der Waals surface area contributed by atoms with Crippen molar-refractivity contribution in [2.24, 2.45) is 0 Å². The number of aromatic nitrogens is 2. The highest BCUT2D eigenvalue weighted by Gasteiger charge is 2.26. The molecule has 1 amide bonds. The van der Waals surface area contributed by atoms with Crippen molar-refractivity contribution in [3.05, 3.63) is 42.4 Å². The van der Waals surface area contributed by atoms with Crippen molar-refractivity contribution in [2.45, 2.75) is 18.9 Å². The molecule has 0 spiro atoms. The Morgan fingerprint density at radius 3 is 2.55 bits per heavy atom. The van der Waals surface area contributed by atoms with Gasteiger partial charge in [-0.3, -0.25) is 0 Å². The van der Waals surface area contributed by atoms with Crippen molar-refractivity contribution in [2.75, 3.05) is 13.1 Å². The summed E-state index contributed by atoms with van der Waals surface area (Å²) in [7, 11) is 0. The van der Waals surface area contributed by atoms with Crippen LogP contribution in [0.2, 0.25) is 0 Å². The van der Waals surface area contributed by atoms with Crippen molar-refractivity contribution >= 4 is 6.09 Å². The number of hydrogen-bond donors (Lipinski definition) is 1. The lowest BCUT2D eigenvalue weighted by molar-refractivity contribution is 0.125. The number of imidazole rings is 1. The average Bonchev–Trinajstić information content (AvgIpc) is 2.99. The second kappa shape index (κ2) is 5.90. The van der Waals surface area contributed by atoms with Gasteiger partial charge >= 0.3 is 6.09 Å². The molecule has 1 saturated heterocycles. The lowest BCUT2D eigenvalue weighted by atomic mass is 10.0. The second-order valence-electron chi connectivity index (χ2n) is 5.33. The number of nitriles is 1. The molecular formula is C16H16N4O2. The van der Waals surface area contributed by atoms with Gasteiger partial charge in [0.05, 0.1) is 6.33 Å². The molecule has 22 heavy (non-hydrogen) atoms. The van der Waals surface area contributed by atoms with E-state index in [0.717, 1.165) is 5.56 Å². The number of amides is 1. The zero-order valence-electron chi connectivity index (χ0n) is 12.0. The zero-order valence-corrected chi connectivity index (χ0v) is 12.0. The Morgan fingerprint density at radius 1 is 1.27 bits per heavy atom. The molecule has 1 aromatic heterocycles. The van der Waals surface area contributed by atoms with Crippen LogP contribution in [0.25, 0.3) is 11.3 Å². The Labute approximate surface area is 128 Å². The largest absolute Gasteiger partial charge is 0.465 e. The number of piperidine rings is 1. The first-order valence-electron chi connectivity index (χ1n) is 7.21. The fourth-order valence-corrected chi connectivity index (χ4v) is 2.89. The molecule has 6 heteroatoms. The molecule has 0 saturated carbocycles. The van der Waals surface area contributed by atoms with Gasteiger partial charge in [0, 0.05) is 24.7 Å². The van der Waals surface area contributed by atoms with Crippen LogP contribution in [0.15, 0.2) is 36.7 Å². The van der Waals surface area contributed by atoms with E-state index in [1.54, 1.807) is 6.33 Å². The lowest BCUT2D eigenvalue weighted by Gasteiger charge is -2.30. The van der Waals surface area contributed by atoms with Crippen LogP contribution in [0, 0.1) is 11.3 Å². The second-order valence-corrected chi connectivity index (χ2v) is 5.33. The molecular weight excluding hydrogens is 280 g/mol. The Balaban J connectivity index is 1.86. The number of likely N-dealkylation sites (tertiary alicyclic amines) is 1. The zero-order chi connectivity index (χ0) is 15.5. The predicted octanol–water partition coefficient (Wildman–Crippen LogP) is 2.74. The summed E-state index contributed by atoms with van der Waals surface area (Å²) in [5.41, 5.74) is 2.14. The topological polar surface area (TPSA) is 82.2 Å². The average molecular weight is 296 g/mol. The normalized spacial score (nSPS) is 15.5. The van der Waals surface area contributed by atoms with Gasteiger partial charge in [-0.1, -0.05) is 30.3 Å². The first-order chi connectivity index (χ1) is 10.7. The van der Waals surface area contributed by atoms with Gasteiger partial charge in [-0.05, 0) is 12.8 Å². The molecule has 0 unspecified atom stereocenters. The molecule has 1 aliphatic heterocycles. The fraction of sp³-hybridized carbons (Fsp3) is 0.312. The summed E-state index contributed by atoms with van der Waals surface area (Å²) in [5.74, 6) is 0. The van der Waals surface area contributed by atoms with Gasteiger partial charge < -0.3 is 14.6 Å². The Morgan fingerprint density at radius 2 is 1.95 bits per heavy atom. The molecule has 0 bridgehead atoms. The van der Waals surface area contributed by atoms with Crippen LogP contribution in [0.1, 0.15) is 24.6 Å². The van der Waals surface area contributed by atoms with Gasteiger partial charge in [-0.2, -0.15) is 5.26 Å². The van der Waals surface area contributed by atoms with Crippen LogP contribution in [0.3, 0.4) is 0 Å². The highest BCUT2D eigenvalue weighted by Crippen LogP contribution is 2.28. The van der Waals surface area contributed by atoms with E-state index in [-0.39, 0.29) is 6.04 Å². The standard InChI is InChI=1S/C16H16N4O2/c17-10-14-15(12-4-2-1-3-5-12)18-11-20(14)13-6-8-19(9-7-13)16(21)22/h1-5,11,13H,6-9H2,(H,21,22). The van der Waals surface area contributed by atoms with E-state index in [4.69, 9.17) is 5.11 Å². The summed E-state index contributed by atoms with van der Waals surface area (Å²) in [6.07, 6.45) is 2.22. The van der Waals surface area contributed by atoms with Crippen molar-refractivity contribution in [3.8, 4) is 17.3 Å². The minimum absolute atomic E-state index is 0.121. The van der Waals surface area contributed by atoms with Crippen LogP contribution < -0.4 is 0 Å². The molecule has 0 atom stereocenters. The van der Waals surface area contributed by atoms with E-state index in [1.807, 2.05) is 34.9 Å². The summed E-state index contributed by atoms with van der Waals surface area (Å²) in [6, 6.07) is 12.0. The van der Waals surface area contributed by atoms with Crippen LogP contribution in [0.4, 0.5) is 4.79 Å². The minimum atomic E-state index is -0.880. The number of rotatable bonds is 2. The third kappa shape index (κ3) is 2.53. The van der Waals surface area contributed by atoms with Crippen LogP contribution in [-0.4, -0.2) is 38.7 Å². The van der Waals surface area contributed by atoms with Crippen molar-refractivity contribution in [1.82, 2.24) is 14.5 Å². The molecule has 6 nitrogen and oxygen atoms in total. The Bertz CT molecular complexity index is 709. The Hall–Kier alpha value is -2.81. The molecule has 3 rings (SSSR count). The molecule has 1 aliphatic rings. The molecule has 1 N–H and O–H groups in total. The summed E-state index contributed by atoms with van der Waals surface area (Å²) >= 11 is 0. The maximum atomic E-state index is 11.0. The van der Waals surface area contributed by atoms with Gasteiger partial charge in [-0.15, -0.1) is 0 Å². The Kier molecular flexibility index (Phi) is 3.79. The third-order valence-electron chi connectivity index (χ3n) is 4.08. The maximum Gasteiger partial charge on any atom is 0.407 e. The van der Waals surface area contributed by atoms with E-state index in [9.17, 15) is 10.1 Å². The minimum Gasteiger partial charge on any atom is -0.465 e. The predicted molar refractivity (Wildman–Crippen MR) is 80.2 cm³/mol. The first kappa shape index (κ1) is 14.1. The van der Waals surface area contributed by atoms with E-state index < -0.39 is 6.09 Å². The third-order valence-corrected chi connectivity index (χ3v) is 4.08. The van der Waals surface area contributed by atoms with Crippen molar-refractivity contribution < 1.29 is 9.90 Å². The highest BCUT2D eigenvalue weighted by molar-refractivity contribution is 5.65. The number of hydrogen-bond acceptors (Lipinski definition) is 3. The summed E-state index contributed by atoms with van der Waals surface area (Å²) in [4.78, 5) is 16.8. The molecule has 1 fully saturated rings. The van der Waals surface area contributed by atoms with Gasteiger partial charge in [0.1, 0.15) is 17.5 Å². The molecule has 0 radical (unpaired) electrons.